The Hall–Kier alpha value is -1.24. The SMILES string of the molecule is COc1ccc(Br)cc1CS(=O)(=O)c1ccc(Cl)cc1N. The Morgan fingerprint density at radius 1 is 1.24 bits per heavy atom. The summed E-state index contributed by atoms with van der Waals surface area (Å²) in [5.41, 5.74) is 6.45. The van der Waals surface area contributed by atoms with Gasteiger partial charge in [0.1, 0.15) is 5.75 Å². The smallest absolute Gasteiger partial charge is 0.184 e. The summed E-state index contributed by atoms with van der Waals surface area (Å²) in [5.74, 6) is 0.302. The van der Waals surface area contributed by atoms with Crippen molar-refractivity contribution in [2.45, 2.75) is 10.6 Å². The molecule has 2 N–H and O–H groups in total. The summed E-state index contributed by atoms with van der Waals surface area (Å²) in [6.07, 6.45) is 0. The molecule has 0 bridgehead atoms. The van der Waals surface area contributed by atoms with E-state index in [1.165, 1.54) is 25.3 Å². The lowest BCUT2D eigenvalue weighted by atomic mass is 10.2. The van der Waals surface area contributed by atoms with Crippen molar-refractivity contribution in [1.82, 2.24) is 0 Å². The molecule has 0 unspecified atom stereocenters. The molecule has 0 fully saturated rings. The highest BCUT2D eigenvalue weighted by molar-refractivity contribution is 9.10. The number of nitrogen functional groups attached to an aromatic ring is 1. The van der Waals surface area contributed by atoms with E-state index < -0.39 is 9.84 Å². The lowest BCUT2D eigenvalue weighted by Crippen LogP contribution is -2.09. The Morgan fingerprint density at radius 3 is 2.57 bits per heavy atom. The summed E-state index contributed by atoms with van der Waals surface area (Å²) in [6, 6.07) is 9.54. The number of halogens is 2. The minimum atomic E-state index is -3.59. The molecular formula is C14H13BrClNO3S. The van der Waals surface area contributed by atoms with Crippen LogP contribution in [0.4, 0.5) is 5.69 Å². The van der Waals surface area contributed by atoms with Gasteiger partial charge in [0.05, 0.1) is 23.4 Å². The Balaban J connectivity index is 2.44. The number of ether oxygens (including phenoxy) is 1. The van der Waals surface area contributed by atoms with Crippen LogP contribution in [0.2, 0.25) is 5.02 Å². The number of methoxy groups -OCH3 is 1. The molecule has 0 aliphatic heterocycles. The van der Waals surface area contributed by atoms with E-state index in [0.29, 0.717) is 16.3 Å². The van der Waals surface area contributed by atoms with Gasteiger partial charge in [0.2, 0.25) is 0 Å². The van der Waals surface area contributed by atoms with Gasteiger partial charge in [-0.05, 0) is 36.4 Å². The summed E-state index contributed by atoms with van der Waals surface area (Å²) in [6.45, 7) is 0. The van der Waals surface area contributed by atoms with E-state index in [9.17, 15) is 8.42 Å². The van der Waals surface area contributed by atoms with Crippen LogP contribution in [0.25, 0.3) is 0 Å². The van der Waals surface area contributed by atoms with Crippen LogP contribution in [0.15, 0.2) is 45.8 Å². The summed E-state index contributed by atoms with van der Waals surface area (Å²) in [5, 5.41) is 0.395. The molecular weight excluding hydrogens is 378 g/mol. The average Bonchev–Trinajstić information content (AvgIpc) is 2.37. The molecule has 2 aromatic rings. The van der Waals surface area contributed by atoms with Crippen molar-refractivity contribution in [1.29, 1.82) is 0 Å². The first-order valence-electron chi connectivity index (χ1n) is 5.93. The van der Waals surface area contributed by atoms with Gasteiger partial charge in [-0.2, -0.15) is 0 Å². The number of hydrogen-bond donors (Lipinski definition) is 1. The molecule has 0 radical (unpaired) electrons. The fourth-order valence-electron chi connectivity index (χ4n) is 1.94. The van der Waals surface area contributed by atoms with Crippen molar-refractivity contribution in [3.8, 4) is 5.75 Å². The molecule has 7 heteroatoms. The van der Waals surface area contributed by atoms with Crippen molar-refractivity contribution >= 4 is 43.1 Å². The van der Waals surface area contributed by atoms with Crippen LogP contribution in [0, 0.1) is 0 Å². The van der Waals surface area contributed by atoms with Crippen LogP contribution in [-0.2, 0) is 15.6 Å². The second kappa shape index (κ2) is 6.25. The molecule has 0 saturated carbocycles. The molecule has 0 aliphatic rings. The molecule has 4 nitrogen and oxygen atoms in total. The normalized spacial score (nSPS) is 11.4. The topological polar surface area (TPSA) is 69.4 Å². The van der Waals surface area contributed by atoms with Gasteiger partial charge in [0, 0.05) is 15.1 Å². The quantitative estimate of drug-likeness (QED) is 0.809. The van der Waals surface area contributed by atoms with Crippen molar-refractivity contribution in [2.24, 2.45) is 0 Å². The molecule has 0 saturated heterocycles. The van der Waals surface area contributed by atoms with Gasteiger partial charge in [-0.25, -0.2) is 8.42 Å². The largest absolute Gasteiger partial charge is 0.496 e. The van der Waals surface area contributed by atoms with E-state index in [-0.39, 0.29) is 16.3 Å². The highest BCUT2D eigenvalue weighted by Crippen LogP contribution is 2.30. The summed E-state index contributed by atoms with van der Waals surface area (Å²) in [4.78, 5) is 0.0638. The molecule has 112 valence electrons. The zero-order chi connectivity index (χ0) is 15.6. The highest BCUT2D eigenvalue weighted by Gasteiger charge is 2.20. The third-order valence-electron chi connectivity index (χ3n) is 2.89. The number of rotatable bonds is 4. The van der Waals surface area contributed by atoms with Crippen LogP contribution in [-0.4, -0.2) is 15.5 Å². The van der Waals surface area contributed by atoms with Crippen LogP contribution >= 0.6 is 27.5 Å². The summed E-state index contributed by atoms with van der Waals surface area (Å²) in [7, 11) is -2.10. The van der Waals surface area contributed by atoms with E-state index in [1.807, 2.05) is 0 Å². The first-order valence-corrected chi connectivity index (χ1v) is 8.76. The number of nitrogens with two attached hydrogens (primary N) is 1. The second-order valence-electron chi connectivity index (χ2n) is 4.40. The molecule has 0 heterocycles. The van der Waals surface area contributed by atoms with Gasteiger partial charge in [-0.15, -0.1) is 0 Å². The Kier molecular flexibility index (Phi) is 4.81. The standard InChI is InChI=1S/C14H13BrClNO3S/c1-20-13-4-2-10(15)6-9(13)8-21(18,19)14-5-3-11(16)7-12(14)17/h2-7H,8,17H2,1H3. The van der Waals surface area contributed by atoms with Crippen molar-refractivity contribution in [3.05, 3.63) is 51.5 Å². The molecule has 2 rings (SSSR count). The van der Waals surface area contributed by atoms with Crippen LogP contribution in [0.3, 0.4) is 0 Å². The molecule has 0 atom stereocenters. The predicted octanol–water partition coefficient (Wildman–Crippen LogP) is 3.67. The third-order valence-corrected chi connectivity index (χ3v) is 5.36. The van der Waals surface area contributed by atoms with Gasteiger partial charge in [0.25, 0.3) is 0 Å². The molecule has 0 aliphatic carbocycles. The third kappa shape index (κ3) is 3.70. The molecule has 21 heavy (non-hydrogen) atoms. The number of benzene rings is 2. The maximum absolute atomic E-state index is 12.5. The van der Waals surface area contributed by atoms with Gasteiger partial charge >= 0.3 is 0 Å². The zero-order valence-electron chi connectivity index (χ0n) is 11.1. The highest BCUT2D eigenvalue weighted by atomic mass is 79.9. The van der Waals surface area contributed by atoms with E-state index in [4.69, 9.17) is 22.1 Å². The Labute approximate surface area is 136 Å². The van der Waals surface area contributed by atoms with Gasteiger partial charge in [0.15, 0.2) is 9.84 Å². The molecule has 0 spiro atoms. The van der Waals surface area contributed by atoms with Crippen LogP contribution in [0.1, 0.15) is 5.56 Å². The molecule has 0 aromatic heterocycles. The average molecular weight is 391 g/mol. The minimum absolute atomic E-state index is 0.0638. The van der Waals surface area contributed by atoms with Crippen molar-refractivity contribution in [2.75, 3.05) is 12.8 Å². The Bertz CT molecular complexity index is 778. The van der Waals surface area contributed by atoms with Crippen LogP contribution in [0.5, 0.6) is 5.75 Å². The maximum Gasteiger partial charge on any atom is 0.184 e. The van der Waals surface area contributed by atoms with Crippen molar-refractivity contribution < 1.29 is 13.2 Å². The first-order chi connectivity index (χ1) is 9.83. The summed E-state index contributed by atoms with van der Waals surface area (Å²) < 4.78 is 31.0. The second-order valence-corrected chi connectivity index (χ2v) is 7.71. The van der Waals surface area contributed by atoms with Crippen molar-refractivity contribution in [3.63, 3.8) is 0 Å². The van der Waals surface area contributed by atoms with E-state index >= 15 is 0 Å². The van der Waals surface area contributed by atoms with Crippen LogP contribution < -0.4 is 10.5 Å². The minimum Gasteiger partial charge on any atom is -0.496 e. The maximum atomic E-state index is 12.5. The van der Waals surface area contributed by atoms with Gasteiger partial charge < -0.3 is 10.5 Å². The fourth-order valence-corrected chi connectivity index (χ4v) is 4.02. The lowest BCUT2D eigenvalue weighted by Gasteiger charge is -2.11. The zero-order valence-corrected chi connectivity index (χ0v) is 14.3. The number of sulfone groups is 1. The predicted molar refractivity (Wildman–Crippen MR) is 87.4 cm³/mol. The monoisotopic (exact) mass is 389 g/mol. The Morgan fingerprint density at radius 2 is 1.95 bits per heavy atom. The lowest BCUT2D eigenvalue weighted by molar-refractivity contribution is 0.411. The van der Waals surface area contributed by atoms with E-state index in [2.05, 4.69) is 15.9 Å². The van der Waals surface area contributed by atoms with E-state index in [0.717, 1.165) is 4.47 Å². The van der Waals surface area contributed by atoms with Gasteiger partial charge in [-0.1, -0.05) is 27.5 Å². The van der Waals surface area contributed by atoms with Gasteiger partial charge in [-0.3, -0.25) is 0 Å². The number of hydrogen-bond acceptors (Lipinski definition) is 4. The number of anilines is 1. The molecule has 2 aromatic carbocycles. The molecule has 0 amide bonds. The van der Waals surface area contributed by atoms with E-state index in [1.54, 1.807) is 18.2 Å². The first kappa shape index (κ1) is 16.1. The fraction of sp³-hybridized carbons (Fsp3) is 0.143. The summed E-state index contributed by atoms with van der Waals surface area (Å²) >= 11 is 9.12.